The van der Waals surface area contributed by atoms with Gasteiger partial charge in [-0.2, -0.15) is 0 Å². The molecular weight excluding hydrogens is 210 g/mol. The molecule has 1 amide bonds. The van der Waals surface area contributed by atoms with Gasteiger partial charge >= 0.3 is 5.97 Å². The predicted octanol–water partition coefficient (Wildman–Crippen LogP) is 0.877. The van der Waals surface area contributed by atoms with E-state index in [4.69, 9.17) is 9.84 Å². The van der Waals surface area contributed by atoms with E-state index in [0.717, 1.165) is 32.4 Å². The number of carbonyl (C=O) groups is 2. The van der Waals surface area contributed by atoms with E-state index >= 15 is 0 Å². The van der Waals surface area contributed by atoms with E-state index in [2.05, 4.69) is 0 Å². The van der Waals surface area contributed by atoms with Crippen molar-refractivity contribution in [3.05, 3.63) is 0 Å². The molecule has 1 N–H and O–H groups in total. The standard InChI is InChI=1S/C11H19NO4/c1-8(16-9(2)11(14)15)10(13)12-6-4-3-5-7-12/h8-9H,3-7H2,1-2H3,(H,14,15)/t8?,9-/m1/s1. The van der Waals surface area contributed by atoms with Crippen LogP contribution in [0.1, 0.15) is 33.1 Å². The van der Waals surface area contributed by atoms with E-state index in [1.165, 1.54) is 6.92 Å². The van der Waals surface area contributed by atoms with Gasteiger partial charge in [-0.3, -0.25) is 4.79 Å². The van der Waals surface area contributed by atoms with Crippen LogP contribution >= 0.6 is 0 Å². The first-order chi connectivity index (χ1) is 7.52. The van der Waals surface area contributed by atoms with Crippen molar-refractivity contribution in [1.82, 2.24) is 4.90 Å². The summed E-state index contributed by atoms with van der Waals surface area (Å²) >= 11 is 0. The van der Waals surface area contributed by atoms with Gasteiger partial charge in [-0.1, -0.05) is 0 Å². The van der Waals surface area contributed by atoms with Crippen LogP contribution in [-0.4, -0.2) is 47.2 Å². The highest BCUT2D eigenvalue weighted by Crippen LogP contribution is 2.11. The number of hydrogen-bond acceptors (Lipinski definition) is 3. The second kappa shape index (κ2) is 5.84. The maximum Gasteiger partial charge on any atom is 0.332 e. The molecule has 1 heterocycles. The Kier molecular flexibility index (Phi) is 4.73. The van der Waals surface area contributed by atoms with Crippen LogP contribution in [0.2, 0.25) is 0 Å². The maximum absolute atomic E-state index is 11.9. The molecule has 1 unspecified atom stereocenters. The summed E-state index contributed by atoms with van der Waals surface area (Å²) in [5, 5.41) is 8.67. The van der Waals surface area contributed by atoms with Crippen LogP contribution in [0.3, 0.4) is 0 Å². The minimum absolute atomic E-state index is 0.104. The van der Waals surface area contributed by atoms with E-state index in [0.29, 0.717) is 0 Å². The topological polar surface area (TPSA) is 66.8 Å². The molecule has 0 aromatic heterocycles. The van der Waals surface area contributed by atoms with Crippen LogP contribution in [0.4, 0.5) is 0 Å². The summed E-state index contributed by atoms with van der Waals surface area (Å²) in [5.41, 5.74) is 0. The van der Waals surface area contributed by atoms with Crippen molar-refractivity contribution in [3.8, 4) is 0 Å². The largest absolute Gasteiger partial charge is 0.479 e. The number of carboxylic acid groups (broad SMARTS) is 1. The van der Waals surface area contributed by atoms with Gasteiger partial charge in [0, 0.05) is 13.1 Å². The Balaban J connectivity index is 2.43. The molecule has 0 aromatic carbocycles. The number of carbonyl (C=O) groups excluding carboxylic acids is 1. The normalized spacial score (nSPS) is 20.2. The Hall–Kier alpha value is -1.10. The molecule has 1 rings (SSSR count). The molecule has 2 atom stereocenters. The van der Waals surface area contributed by atoms with Gasteiger partial charge in [-0.15, -0.1) is 0 Å². The Labute approximate surface area is 95.4 Å². The highest BCUT2D eigenvalue weighted by molar-refractivity contribution is 5.81. The van der Waals surface area contributed by atoms with Gasteiger partial charge in [0.15, 0.2) is 6.10 Å². The van der Waals surface area contributed by atoms with Crippen molar-refractivity contribution >= 4 is 11.9 Å². The van der Waals surface area contributed by atoms with E-state index < -0.39 is 18.2 Å². The van der Waals surface area contributed by atoms with Crippen LogP contribution in [-0.2, 0) is 14.3 Å². The number of ether oxygens (including phenoxy) is 1. The summed E-state index contributed by atoms with van der Waals surface area (Å²) in [6, 6.07) is 0. The molecule has 0 aliphatic carbocycles. The van der Waals surface area contributed by atoms with Crippen molar-refractivity contribution in [2.45, 2.75) is 45.3 Å². The fourth-order valence-corrected chi connectivity index (χ4v) is 1.79. The number of piperidine rings is 1. The highest BCUT2D eigenvalue weighted by atomic mass is 16.5. The highest BCUT2D eigenvalue weighted by Gasteiger charge is 2.25. The minimum Gasteiger partial charge on any atom is -0.479 e. The van der Waals surface area contributed by atoms with Gasteiger partial charge in [-0.05, 0) is 33.1 Å². The number of hydrogen-bond donors (Lipinski definition) is 1. The molecule has 1 fully saturated rings. The predicted molar refractivity (Wildman–Crippen MR) is 58.1 cm³/mol. The van der Waals surface area contributed by atoms with Crippen molar-refractivity contribution in [1.29, 1.82) is 0 Å². The quantitative estimate of drug-likeness (QED) is 0.777. The zero-order chi connectivity index (χ0) is 12.1. The molecule has 1 aliphatic heterocycles. The molecule has 0 spiro atoms. The molecule has 92 valence electrons. The van der Waals surface area contributed by atoms with E-state index in [9.17, 15) is 9.59 Å². The number of nitrogens with zero attached hydrogens (tertiary/aromatic N) is 1. The van der Waals surface area contributed by atoms with E-state index in [1.807, 2.05) is 0 Å². The molecule has 1 aliphatic rings. The van der Waals surface area contributed by atoms with Crippen molar-refractivity contribution in [3.63, 3.8) is 0 Å². The lowest BCUT2D eigenvalue weighted by Gasteiger charge is -2.29. The van der Waals surface area contributed by atoms with Crippen LogP contribution in [0.5, 0.6) is 0 Å². The third kappa shape index (κ3) is 3.48. The summed E-state index contributed by atoms with van der Waals surface area (Å²) in [7, 11) is 0. The number of likely N-dealkylation sites (tertiary alicyclic amines) is 1. The number of carboxylic acids is 1. The van der Waals surface area contributed by atoms with E-state index in [-0.39, 0.29) is 5.91 Å². The summed E-state index contributed by atoms with van der Waals surface area (Å²) in [5.74, 6) is -1.15. The van der Waals surface area contributed by atoms with E-state index in [1.54, 1.807) is 11.8 Å². The molecule has 0 saturated carbocycles. The first kappa shape index (κ1) is 13.0. The van der Waals surface area contributed by atoms with Crippen LogP contribution in [0, 0.1) is 0 Å². The summed E-state index contributed by atoms with van der Waals surface area (Å²) in [6.45, 7) is 4.56. The molecular formula is C11H19NO4. The first-order valence-electron chi connectivity index (χ1n) is 5.69. The number of rotatable bonds is 4. The second-order valence-corrected chi connectivity index (χ2v) is 4.14. The summed E-state index contributed by atoms with van der Waals surface area (Å²) in [6.07, 6.45) is 1.58. The van der Waals surface area contributed by atoms with Crippen LogP contribution in [0.15, 0.2) is 0 Å². The zero-order valence-corrected chi connectivity index (χ0v) is 9.81. The smallest absolute Gasteiger partial charge is 0.332 e. The molecule has 1 saturated heterocycles. The lowest BCUT2D eigenvalue weighted by atomic mass is 10.1. The van der Waals surface area contributed by atoms with Crippen molar-refractivity contribution in [2.75, 3.05) is 13.1 Å². The van der Waals surface area contributed by atoms with Crippen molar-refractivity contribution in [2.24, 2.45) is 0 Å². The third-order valence-electron chi connectivity index (χ3n) is 2.77. The van der Waals surface area contributed by atoms with Gasteiger partial charge < -0.3 is 14.7 Å². The lowest BCUT2D eigenvalue weighted by Crippen LogP contribution is -2.43. The molecule has 16 heavy (non-hydrogen) atoms. The summed E-state index contributed by atoms with van der Waals surface area (Å²) < 4.78 is 5.14. The third-order valence-corrected chi connectivity index (χ3v) is 2.77. The Morgan fingerprint density at radius 2 is 1.69 bits per heavy atom. The first-order valence-corrected chi connectivity index (χ1v) is 5.69. The molecule has 0 aromatic rings. The maximum atomic E-state index is 11.9. The van der Waals surface area contributed by atoms with Gasteiger partial charge in [0.25, 0.3) is 5.91 Å². The van der Waals surface area contributed by atoms with Crippen LogP contribution in [0.25, 0.3) is 0 Å². The van der Waals surface area contributed by atoms with Crippen molar-refractivity contribution < 1.29 is 19.4 Å². The average molecular weight is 229 g/mol. The minimum atomic E-state index is -1.04. The van der Waals surface area contributed by atoms with Gasteiger partial charge in [-0.25, -0.2) is 4.79 Å². The Morgan fingerprint density at radius 1 is 1.12 bits per heavy atom. The monoisotopic (exact) mass is 229 g/mol. The fraction of sp³-hybridized carbons (Fsp3) is 0.818. The number of amides is 1. The lowest BCUT2D eigenvalue weighted by molar-refractivity contribution is -0.159. The Morgan fingerprint density at radius 3 is 2.19 bits per heavy atom. The molecule has 0 bridgehead atoms. The molecule has 5 nitrogen and oxygen atoms in total. The zero-order valence-electron chi connectivity index (χ0n) is 9.81. The van der Waals surface area contributed by atoms with Gasteiger partial charge in [0.2, 0.25) is 0 Å². The SMILES string of the molecule is CC(O[C@H](C)C(=O)O)C(=O)N1CCCCC1. The second-order valence-electron chi connectivity index (χ2n) is 4.14. The molecule has 0 radical (unpaired) electrons. The van der Waals surface area contributed by atoms with Crippen LogP contribution < -0.4 is 0 Å². The van der Waals surface area contributed by atoms with Gasteiger partial charge in [0.1, 0.15) is 6.10 Å². The Bertz CT molecular complexity index is 261. The fourth-order valence-electron chi connectivity index (χ4n) is 1.79. The van der Waals surface area contributed by atoms with Gasteiger partial charge in [0.05, 0.1) is 0 Å². The molecule has 5 heteroatoms. The average Bonchev–Trinajstić information content (AvgIpc) is 2.28. The number of aliphatic carboxylic acids is 1. The summed E-state index contributed by atoms with van der Waals surface area (Å²) in [4.78, 5) is 24.2.